The number of thioether (sulfide) groups is 1. The fourth-order valence-corrected chi connectivity index (χ4v) is 5.65. The number of fused-ring (bicyclic) bond motifs is 2. The van der Waals surface area contributed by atoms with Gasteiger partial charge in [0.25, 0.3) is 5.91 Å². The molecule has 2 amide bonds. The number of hydrogen-bond donors (Lipinski definition) is 2. The molecule has 2 heterocycles. The number of ether oxygens (including phenoxy) is 2. The van der Waals surface area contributed by atoms with Crippen LogP contribution in [0.5, 0.6) is 5.75 Å². The lowest BCUT2D eigenvalue weighted by Crippen LogP contribution is -2.38. The molecule has 3 aromatic rings. The minimum absolute atomic E-state index is 0.0496. The van der Waals surface area contributed by atoms with Crippen LogP contribution in [0, 0.1) is 5.92 Å². The number of esters is 1. The number of nitrogens with zero attached hydrogens (tertiary/aromatic N) is 1. The van der Waals surface area contributed by atoms with Crippen LogP contribution in [0.15, 0.2) is 47.4 Å². The molecule has 0 saturated heterocycles. The van der Waals surface area contributed by atoms with Crippen molar-refractivity contribution < 1.29 is 23.9 Å². The zero-order valence-corrected chi connectivity index (χ0v) is 21.8. The molecule has 0 spiro atoms. The van der Waals surface area contributed by atoms with Crippen molar-refractivity contribution in [2.45, 2.75) is 36.6 Å². The van der Waals surface area contributed by atoms with E-state index in [1.807, 2.05) is 6.07 Å². The molecule has 1 aliphatic heterocycles. The Bertz CT molecular complexity index is 1370. The Morgan fingerprint density at radius 3 is 2.73 bits per heavy atom. The third kappa shape index (κ3) is 5.83. The minimum Gasteiger partial charge on any atom is -0.497 e. The second-order valence-electron chi connectivity index (χ2n) is 9.22. The molecule has 1 fully saturated rings. The van der Waals surface area contributed by atoms with Gasteiger partial charge in [0.1, 0.15) is 10.9 Å². The summed E-state index contributed by atoms with van der Waals surface area (Å²) in [5.41, 5.74) is 2.10. The molecule has 10 heteroatoms. The van der Waals surface area contributed by atoms with Crippen molar-refractivity contribution >= 4 is 57.7 Å². The summed E-state index contributed by atoms with van der Waals surface area (Å²) in [4.78, 5) is 42.4. The third-order valence-electron chi connectivity index (χ3n) is 6.70. The normalized spacial score (nSPS) is 19.0. The number of pyridine rings is 1. The van der Waals surface area contributed by atoms with E-state index >= 15 is 0 Å². The van der Waals surface area contributed by atoms with Crippen LogP contribution >= 0.6 is 23.4 Å². The number of methoxy groups -OCH3 is 1. The number of carbonyl (C=O) groups is 3. The molecule has 5 rings (SSSR count). The first kappa shape index (κ1) is 25.4. The van der Waals surface area contributed by atoms with Crippen LogP contribution in [0.4, 0.5) is 5.69 Å². The maximum atomic E-state index is 12.8. The van der Waals surface area contributed by atoms with E-state index in [1.54, 1.807) is 43.5 Å². The van der Waals surface area contributed by atoms with Crippen molar-refractivity contribution in [2.75, 3.05) is 24.8 Å². The monoisotopic (exact) mass is 539 g/mol. The maximum absolute atomic E-state index is 12.8. The summed E-state index contributed by atoms with van der Waals surface area (Å²) in [5.74, 6) is 0.539. The van der Waals surface area contributed by atoms with E-state index in [2.05, 4.69) is 15.6 Å². The summed E-state index contributed by atoms with van der Waals surface area (Å²) in [6.07, 6.45) is 3.25. The minimum atomic E-state index is -0.504. The molecule has 37 heavy (non-hydrogen) atoms. The van der Waals surface area contributed by atoms with Crippen molar-refractivity contribution in [2.24, 2.45) is 5.92 Å². The molecule has 2 N–H and O–H groups in total. The molecule has 0 atom stereocenters. The maximum Gasteiger partial charge on any atom is 0.341 e. The summed E-state index contributed by atoms with van der Waals surface area (Å²) >= 11 is 7.72. The first-order valence-electron chi connectivity index (χ1n) is 12.1. The Morgan fingerprint density at radius 2 is 1.95 bits per heavy atom. The number of benzene rings is 2. The predicted molar refractivity (Wildman–Crippen MR) is 143 cm³/mol. The molecule has 2 aromatic carbocycles. The summed E-state index contributed by atoms with van der Waals surface area (Å²) in [7, 11) is 1.58. The Balaban J connectivity index is 1.12. The molecule has 1 aliphatic carbocycles. The molecule has 1 aromatic heterocycles. The summed E-state index contributed by atoms with van der Waals surface area (Å²) < 4.78 is 10.8. The highest BCUT2D eigenvalue weighted by molar-refractivity contribution is 8.00. The summed E-state index contributed by atoms with van der Waals surface area (Å²) in [5, 5.41) is 6.76. The number of anilines is 1. The highest BCUT2D eigenvalue weighted by Gasteiger charge is 2.25. The largest absolute Gasteiger partial charge is 0.497 e. The Kier molecular flexibility index (Phi) is 7.53. The van der Waals surface area contributed by atoms with Crippen LogP contribution < -0.4 is 15.4 Å². The van der Waals surface area contributed by atoms with E-state index in [0.717, 1.165) is 36.0 Å². The average Bonchev–Trinajstić information content (AvgIpc) is 2.91. The van der Waals surface area contributed by atoms with Gasteiger partial charge in [0.15, 0.2) is 0 Å². The number of amides is 2. The second-order valence-corrected chi connectivity index (χ2v) is 10.6. The topological polar surface area (TPSA) is 107 Å². The zero-order chi connectivity index (χ0) is 25.9. The Hall–Kier alpha value is -3.30. The van der Waals surface area contributed by atoms with Crippen LogP contribution in [0.25, 0.3) is 10.9 Å². The quantitative estimate of drug-likeness (QED) is 0.332. The van der Waals surface area contributed by atoms with Crippen LogP contribution in [-0.2, 0) is 9.53 Å². The van der Waals surface area contributed by atoms with Gasteiger partial charge in [-0.15, -0.1) is 11.8 Å². The van der Waals surface area contributed by atoms with Crippen molar-refractivity contribution in [1.29, 1.82) is 0 Å². The lowest BCUT2D eigenvalue weighted by molar-refractivity contribution is -0.113. The highest BCUT2D eigenvalue weighted by atomic mass is 35.5. The average molecular weight is 540 g/mol. The number of aromatic nitrogens is 1. The van der Waals surface area contributed by atoms with E-state index < -0.39 is 5.97 Å². The third-order valence-corrected chi connectivity index (χ3v) is 8.06. The van der Waals surface area contributed by atoms with Gasteiger partial charge in [-0.2, -0.15) is 0 Å². The van der Waals surface area contributed by atoms with Gasteiger partial charge in [0, 0.05) is 21.9 Å². The fourth-order valence-electron chi connectivity index (χ4n) is 4.64. The molecule has 8 nitrogen and oxygen atoms in total. The van der Waals surface area contributed by atoms with E-state index in [-0.39, 0.29) is 41.1 Å². The van der Waals surface area contributed by atoms with E-state index in [0.29, 0.717) is 28.3 Å². The summed E-state index contributed by atoms with van der Waals surface area (Å²) in [6, 6.07) is 12.5. The number of hydrogen-bond acceptors (Lipinski definition) is 7. The Labute approximate surface area is 223 Å². The van der Waals surface area contributed by atoms with Crippen LogP contribution in [0.2, 0.25) is 5.15 Å². The molecule has 0 unspecified atom stereocenters. The molecule has 0 radical (unpaired) electrons. The van der Waals surface area contributed by atoms with Gasteiger partial charge >= 0.3 is 5.97 Å². The van der Waals surface area contributed by atoms with Gasteiger partial charge in [-0.3, -0.25) is 9.59 Å². The van der Waals surface area contributed by atoms with Crippen LogP contribution in [-0.4, -0.2) is 48.3 Å². The van der Waals surface area contributed by atoms with Gasteiger partial charge in [-0.25, -0.2) is 9.78 Å². The van der Waals surface area contributed by atoms with Gasteiger partial charge < -0.3 is 20.1 Å². The standard InChI is InChI=1S/C27H26ClN3O5S/c1-35-19-7-8-21-17(10-19)11-20(25(28)31-21)27(34)36-13-15-2-5-18(6-3-15)29-26(33)16-4-9-23-22(12-16)30-24(32)14-37-23/h4,7-12,15,18H,2-3,5-6,13-14H2,1H3,(H,29,33)(H,30,32). The molecule has 0 bridgehead atoms. The molecular weight excluding hydrogens is 514 g/mol. The summed E-state index contributed by atoms with van der Waals surface area (Å²) in [6.45, 7) is 0.286. The highest BCUT2D eigenvalue weighted by Crippen LogP contribution is 2.32. The van der Waals surface area contributed by atoms with Gasteiger partial charge in [0.2, 0.25) is 5.91 Å². The second kappa shape index (κ2) is 11.0. The molecular formula is C27H26ClN3O5S. The lowest BCUT2D eigenvalue weighted by Gasteiger charge is -2.29. The van der Waals surface area contributed by atoms with Crippen molar-refractivity contribution in [3.8, 4) is 5.75 Å². The number of rotatable bonds is 6. The molecule has 192 valence electrons. The molecule has 1 saturated carbocycles. The smallest absolute Gasteiger partial charge is 0.341 e. The van der Waals surface area contributed by atoms with Gasteiger partial charge in [-0.05, 0) is 74.1 Å². The SMILES string of the molecule is COc1ccc2nc(Cl)c(C(=O)OCC3CCC(NC(=O)c4ccc5c(c4)NC(=O)CS5)CC3)cc2c1. The van der Waals surface area contributed by atoms with Crippen LogP contribution in [0.1, 0.15) is 46.4 Å². The number of halogens is 1. The van der Waals surface area contributed by atoms with Crippen LogP contribution in [0.3, 0.4) is 0 Å². The zero-order valence-electron chi connectivity index (χ0n) is 20.2. The first-order chi connectivity index (χ1) is 17.9. The van der Waals surface area contributed by atoms with Crippen molar-refractivity contribution in [1.82, 2.24) is 10.3 Å². The number of nitrogens with one attached hydrogen (secondary N) is 2. The number of carbonyl (C=O) groups excluding carboxylic acids is 3. The molecule has 2 aliphatic rings. The predicted octanol–water partition coefficient (Wildman–Crippen LogP) is 5.09. The van der Waals surface area contributed by atoms with E-state index in [4.69, 9.17) is 21.1 Å². The van der Waals surface area contributed by atoms with Crippen molar-refractivity contribution in [3.05, 3.63) is 58.7 Å². The first-order valence-corrected chi connectivity index (χ1v) is 13.4. The van der Waals surface area contributed by atoms with Gasteiger partial charge in [0.05, 0.1) is 36.2 Å². The fraction of sp³-hybridized carbons (Fsp3) is 0.333. The van der Waals surface area contributed by atoms with Gasteiger partial charge in [-0.1, -0.05) is 11.6 Å². The lowest BCUT2D eigenvalue weighted by atomic mass is 9.86. The van der Waals surface area contributed by atoms with E-state index in [1.165, 1.54) is 11.8 Å². The van der Waals surface area contributed by atoms with Crippen molar-refractivity contribution in [3.63, 3.8) is 0 Å². The Morgan fingerprint density at radius 1 is 1.14 bits per heavy atom. The van der Waals surface area contributed by atoms with E-state index in [9.17, 15) is 14.4 Å².